The van der Waals surface area contributed by atoms with Gasteiger partial charge in [-0.15, -0.1) is 0 Å². The fourth-order valence-electron chi connectivity index (χ4n) is 1.60. The SMILES string of the molecule is NC(=O)CCn1c(=S)[nH]c2cc(Br)c(F)cc21. The van der Waals surface area contributed by atoms with Crippen molar-refractivity contribution in [2.75, 3.05) is 0 Å². The molecule has 0 unspecified atom stereocenters. The number of hydrogen-bond acceptors (Lipinski definition) is 2. The summed E-state index contributed by atoms with van der Waals surface area (Å²) in [7, 11) is 0. The molecule has 2 rings (SSSR count). The third kappa shape index (κ3) is 2.39. The molecular weight excluding hydrogens is 309 g/mol. The minimum Gasteiger partial charge on any atom is -0.370 e. The van der Waals surface area contributed by atoms with Crippen molar-refractivity contribution in [2.24, 2.45) is 5.73 Å². The number of amides is 1. The minimum atomic E-state index is -0.418. The zero-order valence-electron chi connectivity index (χ0n) is 8.67. The van der Waals surface area contributed by atoms with Gasteiger partial charge in [0.15, 0.2) is 4.77 Å². The van der Waals surface area contributed by atoms with Crippen LogP contribution in [-0.4, -0.2) is 15.5 Å². The van der Waals surface area contributed by atoms with Crippen molar-refractivity contribution >= 4 is 45.1 Å². The summed E-state index contributed by atoms with van der Waals surface area (Å²) in [6.07, 6.45) is 0.166. The van der Waals surface area contributed by atoms with E-state index in [9.17, 15) is 9.18 Å². The highest BCUT2D eigenvalue weighted by Gasteiger charge is 2.09. The number of halogens is 2. The van der Waals surface area contributed by atoms with Crippen LogP contribution in [0.2, 0.25) is 0 Å². The van der Waals surface area contributed by atoms with Gasteiger partial charge < -0.3 is 15.3 Å². The van der Waals surface area contributed by atoms with Crippen LogP contribution in [0.3, 0.4) is 0 Å². The van der Waals surface area contributed by atoms with Gasteiger partial charge >= 0.3 is 0 Å². The van der Waals surface area contributed by atoms with E-state index in [2.05, 4.69) is 20.9 Å². The lowest BCUT2D eigenvalue weighted by Gasteiger charge is -2.02. The van der Waals surface area contributed by atoms with Crippen molar-refractivity contribution in [3.05, 3.63) is 27.2 Å². The fraction of sp³-hybridized carbons (Fsp3) is 0.200. The van der Waals surface area contributed by atoms with Gasteiger partial charge in [0.1, 0.15) is 5.82 Å². The van der Waals surface area contributed by atoms with Gasteiger partial charge in [0.05, 0.1) is 15.5 Å². The highest BCUT2D eigenvalue weighted by Crippen LogP contribution is 2.23. The molecule has 0 bridgehead atoms. The highest BCUT2D eigenvalue weighted by atomic mass is 79.9. The molecule has 1 amide bonds. The molecule has 0 atom stereocenters. The number of benzene rings is 1. The van der Waals surface area contributed by atoms with Crippen LogP contribution in [-0.2, 0) is 11.3 Å². The second-order valence-corrected chi connectivity index (χ2v) is 4.82. The Labute approximate surface area is 110 Å². The van der Waals surface area contributed by atoms with Gasteiger partial charge in [-0.3, -0.25) is 4.79 Å². The van der Waals surface area contributed by atoms with Crippen LogP contribution in [0.1, 0.15) is 6.42 Å². The van der Waals surface area contributed by atoms with E-state index in [-0.39, 0.29) is 12.2 Å². The van der Waals surface area contributed by atoms with Crippen LogP contribution in [0.5, 0.6) is 0 Å². The molecule has 1 aromatic carbocycles. The number of nitrogens with two attached hydrogens (primary N) is 1. The van der Waals surface area contributed by atoms with Crippen LogP contribution < -0.4 is 5.73 Å². The molecule has 4 nitrogen and oxygen atoms in total. The summed E-state index contributed by atoms with van der Waals surface area (Å²) in [6.45, 7) is 0.342. The molecule has 0 aliphatic heterocycles. The monoisotopic (exact) mass is 317 g/mol. The molecule has 3 N–H and O–H groups in total. The van der Waals surface area contributed by atoms with Crippen LogP contribution in [0.15, 0.2) is 16.6 Å². The number of aromatic nitrogens is 2. The lowest BCUT2D eigenvalue weighted by molar-refractivity contribution is -0.118. The summed E-state index contributed by atoms with van der Waals surface area (Å²) in [5, 5.41) is 0. The molecular formula is C10H9BrFN3OS. The standard InChI is InChI=1S/C10H9BrFN3OS/c11-5-3-7-8(4-6(5)12)15(10(17)14-7)2-1-9(13)16/h3-4H,1-2H2,(H2,13,16)(H,14,17). The van der Waals surface area contributed by atoms with E-state index in [0.29, 0.717) is 26.8 Å². The number of fused-ring (bicyclic) bond motifs is 1. The van der Waals surface area contributed by atoms with Gasteiger partial charge in [0.25, 0.3) is 0 Å². The maximum atomic E-state index is 13.4. The number of rotatable bonds is 3. The molecule has 0 saturated heterocycles. The van der Waals surface area contributed by atoms with E-state index in [0.717, 1.165) is 0 Å². The van der Waals surface area contributed by atoms with Gasteiger partial charge in [-0.2, -0.15) is 0 Å². The molecule has 90 valence electrons. The van der Waals surface area contributed by atoms with E-state index in [1.807, 2.05) is 0 Å². The molecule has 0 fully saturated rings. The number of nitrogens with zero attached hydrogens (tertiary/aromatic N) is 1. The summed E-state index contributed by atoms with van der Waals surface area (Å²) in [5.41, 5.74) is 6.42. The third-order valence-electron chi connectivity index (χ3n) is 2.40. The average molecular weight is 318 g/mol. The fourth-order valence-corrected chi connectivity index (χ4v) is 2.24. The Morgan fingerprint density at radius 2 is 2.29 bits per heavy atom. The molecule has 7 heteroatoms. The molecule has 0 spiro atoms. The summed E-state index contributed by atoms with van der Waals surface area (Å²) >= 11 is 8.21. The Bertz CT molecular complexity index is 649. The number of H-pyrrole nitrogens is 1. The predicted octanol–water partition coefficient (Wildman–Crippen LogP) is 2.48. The number of hydrogen-bond donors (Lipinski definition) is 2. The van der Waals surface area contributed by atoms with Crippen LogP contribution >= 0.6 is 28.1 Å². The number of primary amides is 1. The summed E-state index contributed by atoms with van der Waals surface area (Å²) < 4.78 is 15.9. The molecule has 17 heavy (non-hydrogen) atoms. The average Bonchev–Trinajstić information content (AvgIpc) is 2.52. The topological polar surface area (TPSA) is 63.8 Å². The van der Waals surface area contributed by atoms with Crippen LogP contribution in [0.4, 0.5) is 4.39 Å². The Kier molecular flexibility index (Phi) is 3.30. The summed E-state index contributed by atoms with van der Waals surface area (Å²) in [5.74, 6) is -0.793. The molecule has 0 saturated carbocycles. The largest absolute Gasteiger partial charge is 0.370 e. The van der Waals surface area contributed by atoms with Crippen molar-refractivity contribution in [1.29, 1.82) is 0 Å². The maximum Gasteiger partial charge on any atom is 0.219 e. The van der Waals surface area contributed by atoms with Crippen LogP contribution in [0.25, 0.3) is 11.0 Å². The molecule has 1 heterocycles. The summed E-state index contributed by atoms with van der Waals surface area (Å²) in [4.78, 5) is 13.7. The first-order valence-corrected chi connectivity index (χ1v) is 6.05. The van der Waals surface area contributed by atoms with Gasteiger partial charge in [-0.25, -0.2) is 4.39 Å². The van der Waals surface area contributed by atoms with Crippen LogP contribution in [0, 0.1) is 10.6 Å². The van der Waals surface area contributed by atoms with Gasteiger partial charge in [0.2, 0.25) is 5.91 Å². The van der Waals surface area contributed by atoms with E-state index >= 15 is 0 Å². The van der Waals surface area contributed by atoms with E-state index in [1.54, 1.807) is 10.6 Å². The predicted molar refractivity (Wildman–Crippen MR) is 68.6 cm³/mol. The van der Waals surface area contributed by atoms with E-state index in [4.69, 9.17) is 18.0 Å². The maximum absolute atomic E-state index is 13.4. The third-order valence-corrected chi connectivity index (χ3v) is 3.33. The van der Waals surface area contributed by atoms with Crippen molar-refractivity contribution in [3.63, 3.8) is 0 Å². The van der Waals surface area contributed by atoms with E-state index in [1.165, 1.54) is 6.07 Å². The highest BCUT2D eigenvalue weighted by molar-refractivity contribution is 9.10. The Hall–Kier alpha value is -1.21. The lowest BCUT2D eigenvalue weighted by atomic mass is 10.3. The molecule has 2 aromatic rings. The Balaban J connectivity index is 2.54. The smallest absolute Gasteiger partial charge is 0.219 e. The van der Waals surface area contributed by atoms with E-state index < -0.39 is 5.91 Å². The number of aromatic amines is 1. The van der Waals surface area contributed by atoms with Gasteiger partial charge in [-0.05, 0) is 34.2 Å². The number of carbonyl (C=O) groups excluding carboxylic acids is 1. The molecule has 0 radical (unpaired) electrons. The Morgan fingerprint density at radius 3 is 2.94 bits per heavy atom. The normalized spacial score (nSPS) is 10.9. The van der Waals surface area contributed by atoms with Crippen molar-refractivity contribution in [1.82, 2.24) is 9.55 Å². The van der Waals surface area contributed by atoms with Crippen molar-refractivity contribution in [2.45, 2.75) is 13.0 Å². The minimum absolute atomic E-state index is 0.166. The Morgan fingerprint density at radius 1 is 1.59 bits per heavy atom. The second kappa shape index (κ2) is 4.58. The number of imidazole rings is 1. The number of aryl methyl sites for hydroxylation is 1. The van der Waals surface area contributed by atoms with Gasteiger partial charge in [0, 0.05) is 19.0 Å². The van der Waals surface area contributed by atoms with Crippen molar-refractivity contribution < 1.29 is 9.18 Å². The summed E-state index contributed by atoms with van der Waals surface area (Å²) in [6, 6.07) is 2.98. The lowest BCUT2D eigenvalue weighted by Crippen LogP contribution is -2.13. The second-order valence-electron chi connectivity index (χ2n) is 3.58. The zero-order chi connectivity index (χ0) is 12.6. The zero-order valence-corrected chi connectivity index (χ0v) is 11.1. The molecule has 0 aliphatic carbocycles. The first kappa shape index (κ1) is 12.3. The molecule has 1 aromatic heterocycles. The molecule has 0 aliphatic rings. The first-order chi connectivity index (χ1) is 7.99. The number of carbonyl (C=O) groups is 1. The van der Waals surface area contributed by atoms with Crippen molar-refractivity contribution in [3.8, 4) is 0 Å². The van der Waals surface area contributed by atoms with Gasteiger partial charge in [-0.1, -0.05) is 0 Å². The number of nitrogens with one attached hydrogen (secondary N) is 1. The first-order valence-electron chi connectivity index (χ1n) is 4.85. The quantitative estimate of drug-likeness (QED) is 0.854.